The van der Waals surface area contributed by atoms with Gasteiger partial charge in [0.15, 0.2) is 0 Å². The van der Waals surface area contributed by atoms with Crippen molar-refractivity contribution in [1.29, 1.82) is 0 Å². The van der Waals surface area contributed by atoms with Crippen molar-refractivity contribution in [3.05, 3.63) is 23.8 Å². The van der Waals surface area contributed by atoms with Crippen LogP contribution in [0.25, 0.3) is 0 Å². The maximum absolute atomic E-state index is 12.1. The van der Waals surface area contributed by atoms with Crippen LogP contribution in [0.15, 0.2) is 18.2 Å². The third-order valence-corrected chi connectivity index (χ3v) is 3.33. The summed E-state index contributed by atoms with van der Waals surface area (Å²) in [6.45, 7) is 0. The Balaban J connectivity index is 2.05. The van der Waals surface area contributed by atoms with E-state index in [0.29, 0.717) is 31.4 Å². The molecule has 0 aliphatic heterocycles. The molecule has 1 saturated carbocycles. The molecule has 1 fully saturated rings. The minimum absolute atomic E-state index is 0.00389. The predicted octanol–water partition coefficient (Wildman–Crippen LogP) is 1.64. The Hall–Kier alpha value is -2.04. The summed E-state index contributed by atoms with van der Waals surface area (Å²) in [5.74, 6) is 0.345. The van der Waals surface area contributed by atoms with Crippen molar-refractivity contribution >= 4 is 11.7 Å². The van der Waals surface area contributed by atoms with Crippen LogP contribution in [0.1, 0.15) is 36.0 Å². The van der Waals surface area contributed by atoms with E-state index < -0.39 is 0 Å². The van der Waals surface area contributed by atoms with E-state index >= 15 is 0 Å². The molecule has 5 nitrogen and oxygen atoms in total. The van der Waals surface area contributed by atoms with Crippen molar-refractivity contribution in [3.63, 3.8) is 0 Å². The highest BCUT2D eigenvalue weighted by Crippen LogP contribution is 2.23. The Kier molecular flexibility index (Phi) is 4.04. The van der Waals surface area contributed by atoms with Crippen LogP contribution in [0.2, 0.25) is 0 Å². The van der Waals surface area contributed by atoms with Crippen molar-refractivity contribution in [1.82, 2.24) is 5.32 Å². The molecule has 0 atom stereocenters. The van der Waals surface area contributed by atoms with Gasteiger partial charge in [-0.1, -0.05) is 0 Å². The van der Waals surface area contributed by atoms with Crippen LogP contribution in [-0.4, -0.2) is 29.9 Å². The zero-order valence-electron chi connectivity index (χ0n) is 10.8. The number of carbonyl (C=O) groups is 2. The monoisotopic (exact) mass is 263 g/mol. The van der Waals surface area contributed by atoms with E-state index in [-0.39, 0.29) is 29.0 Å². The molecule has 19 heavy (non-hydrogen) atoms. The van der Waals surface area contributed by atoms with Crippen LogP contribution in [0.5, 0.6) is 11.5 Å². The summed E-state index contributed by atoms with van der Waals surface area (Å²) in [5, 5.41) is 12.5. The fourth-order valence-electron chi connectivity index (χ4n) is 2.17. The Bertz CT molecular complexity index is 488. The fourth-order valence-corrected chi connectivity index (χ4v) is 2.17. The minimum atomic E-state index is -0.337. The van der Waals surface area contributed by atoms with Gasteiger partial charge in [0.05, 0.1) is 12.7 Å². The summed E-state index contributed by atoms with van der Waals surface area (Å²) < 4.78 is 5.03. The molecule has 0 unspecified atom stereocenters. The van der Waals surface area contributed by atoms with Gasteiger partial charge in [-0.25, -0.2) is 0 Å². The van der Waals surface area contributed by atoms with Crippen LogP contribution >= 0.6 is 0 Å². The van der Waals surface area contributed by atoms with Gasteiger partial charge < -0.3 is 15.2 Å². The SMILES string of the molecule is COc1ccc(O)c(C(=O)NC2CCC(=O)CC2)c1. The van der Waals surface area contributed by atoms with Gasteiger partial charge in [0.25, 0.3) is 5.91 Å². The lowest BCUT2D eigenvalue weighted by atomic mass is 9.94. The molecule has 2 rings (SSSR count). The fraction of sp³-hybridized carbons (Fsp3) is 0.429. The number of carbonyl (C=O) groups excluding carboxylic acids is 2. The van der Waals surface area contributed by atoms with E-state index in [1.807, 2.05) is 0 Å². The molecule has 0 aromatic heterocycles. The number of ether oxygens (including phenoxy) is 1. The molecule has 1 aliphatic rings. The number of methoxy groups -OCH3 is 1. The number of hydrogen-bond acceptors (Lipinski definition) is 4. The highest BCUT2D eigenvalue weighted by molar-refractivity contribution is 5.97. The summed E-state index contributed by atoms with van der Waals surface area (Å²) in [6, 6.07) is 4.51. The topological polar surface area (TPSA) is 75.6 Å². The number of rotatable bonds is 3. The largest absolute Gasteiger partial charge is 0.507 e. The second-order valence-electron chi connectivity index (χ2n) is 4.67. The van der Waals surface area contributed by atoms with Crippen LogP contribution in [0.3, 0.4) is 0 Å². The first-order valence-corrected chi connectivity index (χ1v) is 6.29. The van der Waals surface area contributed by atoms with Gasteiger partial charge >= 0.3 is 0 Å². The number of ketones is 1. The van der Waals surface area contributed by atoms with Crippen molar-refractivity contribution in [2.75, 3.05) is 7.11 Å². The normalized spacial score (nSPS) is 16.2. The number of nitrogens with one attached hydrogen (secondary N) is 1. The van der Waals surface area contributed by atoms with Crippen LogP contribution in [-0.2, 0) is 4.79 Å². The molecule has 1 aromatic rings. The van der Waals surface area contributed by atoms with Crippen molar-refractivity contribution in [2.24, 2.45) is 0 Å². The van der Waals surface area contributed by atoms with Gasteiger partial charge in [0.2, 0.25) is 0 Å². The average molecular weight is 263 g/mol. The lowest BCUT2D eigenvalue weighted by molar-refractivity contribution is -0.120. The number of Topliss-reactive ketones (excluding diaryl/α,β-unsaturated/α-hetero) is 1. The molecule has 2 N–H and O–H groups in total. The molecule has 1 aliphatic carbocycles. The Labute approximate surface area is 111 Å². The number of benzene rings is 1. The number of phenolic OH excluding ortho intramolecular Hbond substituents is 1. The first-order chi connectivity index (χ1) is 9.10. The average Bonchev–Trinajstić information content (AvgIpc) is 2.42. The van der Waals surface area contributed by atoms with E-state index in [9.17, 15) is 14.7 Å². The first-order valence-electron chi connectivity index (χ1n) is 6.29. The summed E-state index contributed by atoms with van der Waals surface area (Å²) in [4.78, 5) is 23.2. The molecular formula is C14H17NO4. The first kappa shape index (κ1) is 13.4. The highest BCUT2D eigenvalue weighted by atomic mass is 16.5. The number of phenols is 1. The summed E-state index contributed by atoms with van der Waals surface area (Å²) in [6.07, 6.45) is 2.34. The van der Waals surface area contributed by atoms with Gasteiger partial charge in [0.1, 0.15) is 17.3 Å². The summed E-state index contributed by atoms with van der Waals surface area (Å²) >= 11 is 0. The molecule has 0 spiro atoms. The van der Waals surface area contributed by atoms with E-state index in [1.54, 1.807) is 6.07 Å². The van der Waals surface area contributed by atoms with Crippen LogP contribution in [0, 0.1) is 0 Å². The van der Waals surface area contributed by atoms with Crippen molar-refractivity contribution in [2.45, 2.75) is 31.7 Å². The Morgan fingerprint density at radius 3 is 2.68 bits per heavy atom. The maximum Gasteiger partial charge on any atom is 0.255 e. The maximum atomic E-state index is 12.1. The Morgan fingerprint density at radius 2 is 2.05 bits per heavy atom. The van der Waals surface area contributed by atoms with Gasteiger partial charge in [-0.15, -0.1) is 0 Å². The minimum Gasteiger partial charge on any atom is -0.507 e. The van der Waals surface area contributed by atoms with E-state index in [4.69, 9.17) is 4.74 Å². The second kappa shape index (κ2) is 5.73. The zero-order chi connectivity index (χ0) is 13.8. The lowest BCUT2D eigenvalue weighted by Gasteiger charge is -2.22. The molecular weight excluding hydrogens is 246 g/mol. The molecule has 1 amide bonds. The molecule has 102 valence electrons. The van der Waals surface area contributed by atoms with Crippen LogP contribution < -0.4 is 10.1 Å². The van der Waals surface area contributed by atoms with E-state index in [0.717, 1.165) is 0 Å². The number of amides is 1. The molecule has 0 radical (unpaired) electrons. The van der Waals surface area contributed by atoms with Gasteiger partial charge in [-0.05, 0) is 31.0 Å². The van der Waals surface area contributed by atoms with Crippen molar-refractivity contribution in [3.8, 4) is 11.5 Å². The van der Waals surface area contributed by atoms with Crippen LogP contribution in [0.4, 0.5) is 0 Å². The second-order valence-corrected chi connectivity index (χ2v) is 4.67. The van der Waals surface area contributed by atoms with Gasteiger partial charge in [-0.2, -0.15) is 0 Å². The standard InChI is InChI=1S/C14H17NO4/c1-19-11-6-7-13(17)12(8-11)14(18)15-9-2-4-10(16)5-3-9/h6-9,17H,2-5H2,1H3,(H,15,18). The molecule has 1 aromatic carbocycles. The lowest BCUT2D eigenvalue weighted by Crippen LogP contribution is -2.37. The highest BCUT2D eigenvalue weighted by Gasteiger charge is 2.22. The number of aromatic hydroxyl groups is 1. The molecule has 5 heteroatoms. The Morgan fingerprint density at radius 1 is 1.37 bits per heavy atom. The quantitative estimate of drug-likeness (QED) is 0.869. The molecule has 0 bridgehead atoms. The van der Waals surface area contributed by atoms with E-state index in [1.165, 1.54) is 19.2 Å². The van der Waals surface area contributed by atoms with Gasteiger partial charge in [0, 0.05) is 18.9 Å². The smallest absolute Gasteiger partial charge is 0.255 e. The van der Waals surface area contributed by atoms with Gasteiger partial charge in [-0.3, -0.25) is 9.59 Å². The predicted molar refractivity (Wildman–Crippen MR) is 69.4 cm³/mol. The zero-order valence-corrected chi connectivity index (χ0v) is 10.8. The third-order valence-electron chi connectivity index (χ3n) is 3.33. The molecule has 0 saturated heterocycles. The van der Waals surface area contributed by atoms with E-state index in [2.05, 4.69) is 5.32 Å². The summed E-state index contributed by atoms with van der Waals surface area (Å²) in [5.41, 5.74) is 0.191. The summed E-state index contributed by atoms with van der Waals surface area (Å²) in [7, 11) is 1.50. The third kappa shape index (κ3) is 3.24. The van der Waals surface area contributed by atoms with Crippen molar-refractivity contribution < 1.29 is 19.4 Å². The number of hydrogen-bond donors (Lipinski definition) is 2. The molecule has 0 heterocycles.